The molecule has 0 saturated carbocycles. The average molecular weight is 319 g/mol. The Balaban J connectivity index is 2.02. The van der Waals surface area contributed by atoms with Crippen LogP contribution in [0.3, 0.4) is 0 Å². The van der Waals surface area contributed by atoms with E-state index in [0.29, 0.717) is 12.2 Å². The molecule has 0 N–H and O–H groups in total. The first-order chi connectivity index (χ1) is 11.6. The van der Waals surface area contributed by atoms with Crippen molar-refractivity contribution in [3.8, 4) is 11.8 Å². The normalized spacial score (nSPS) is 10.4. The molecule has 0 heterocycles. The number of ketones is 1. The molecule has 0 aromatic heterocycles. The van der Waals surface area contributed by atoms with Crippen LogP contribution in [0.4, 0.5) is 4.39 Å². The standard InChI is InChI=1S/C20H14FNO2/c1-2-24-17-7-6-14-10-16(5-4-15(14)11-17)20(23)18-9-13(12-22)3-8-19(18)21/h3-11H,2H2,1H3. The lowest BCUT2D eigenvalue weighted by Crippen LogP contribution is -2.05. The molecule has 0 bridgehead atoms. The number of carbonyl (C=O) groups is 1. The second kappa shape index (κ2) is 6.51. The zero-order valence-corrected chi connectivity index (χ0v) is 13.0. The van der Waals surface area contributed by atoms with Crippen LogP contribution in [-0.4, -0.2) is 12.4 Å². The second-order valence-electron chi connectivity index (χ2n) is 5.29. The molecular formula is C20H14FNO2. The number of rotatable bonds is 4. The highest BCUT2D eigenvalue weighted by Gasteiger charge is 2.15. The minimum Gasteiger partial charge on any atom is -0.494 e. The number of hydrogen-bond acceptors (Lipinski definition) is 3. The maximum absolute atomic E-state index is 13.9. The molecule has 0 aliphatic carbocycles. The van der Waals surface area contributed by atoms with Crippen molar-refractivity contribution in [1.82, 2.24) is 0 Å². The van der Waals surface area contributed by atoms with Crippen LogP contribution in [0.5, 0.6) is 5.75 Å². The molecule has 0 atom stereocenters. The zero-order valence-electron chi connectivity index (χ0n) is 13.0. The van der Waals surface area contributed by atoms with Gasteiger partial charge < -0.3 is 4.74 Å². The molecule has 0 spiro atoms. The summed E-state index contributed by atoms with van der Waals surface area (Å²) in [6, 6.07) is 16.4. The molecule has 0 aliphatic heterocycles. The Labute approximate surface area is 138 Å². The van der Waals surface area contributed by atoms with E-state index in [0.717, 1.165) is 22.6 Å². The molecule has 0 fully saturated rings. The fourth-order valence-electron chi connectivity index (χ4n) is 2.55. The van der Waals surface area contributed by atoms with Crippen LogP contribution in [0, 0.1) is 17.1 Å². The summed E-state index contributed by atoms with van der Waals surface area (Å²) < 4.78 is 19.4. The summed E-state index contributed by atoms with van der Waals surface area (Å²) >= 11 is 0. The van der Waals surface area contributed by atoms with E-state index in [9.17, 15) is 9.18 Å². The first kappa shape index (κ1) is 15.7. The molecule has 0 amide bonds. The van der Waals surface area contributed by atoms with Crippen LogP contribution < -0.4 is 4.74 Å². The lowest BCUT2D eigenvalue weighted by Gasteiger charge is -2.07. The van der Waals surface area contributed by atoms with E-state index in [4.69, 9.17) is 10.00 Å². The third kappa shape index (κ3) is 2.97. The van der Waals surface area contributed by atoms with E-state index < -0.39 is 11.6 Å². The summed E-state index contributed by atoms with van der Waals surface area (Å²) in [5, 5.41) is 10.7. The molecule has 118 valence electrons. The van der Waals surface area contributed by atoms with Crippen LogP contribution in [-0.2, 0) is 0 Å². The van der Waals surface area contributed by atoms with Crippen LogP contribution in [0.25, 0.3) is 10.8 Å². The Morgan fingerprint density at radius 3 is 2.58 bits per heavy atom. The van der Waals surface area contributed by atoms with E-state index in [1.54, 1.807) is 18.2 Å². The molecule has 3 aromatic rings. The largest absolute Gasteiger partial charge is 0.494 e. The van der Waals surface area contributed by atoms with Crippen LogP contribution in [0.15, 0.2) is 54.6 Å². The van der Waals surface area contributed by atoms with Gasteiger partial charge >= 0.3 is 0 Å². The van der Waals surface area contributed by atoms with E-state index in [1.807, 2.05) is 31.2 Å². The average Bonchev–Trinajstić information content (AvgIpc) is 2.61. The topological polar surface area (TPSA) is 50.1 Å². The van der Waals surface area contributed by atoms with Gasteiger partial charge in [0.25, 0.3) is 0 Å². The van der Waals surface area contributed by atoms with Gasteiger partial charge in [0.05, 0.1) is 23.8 Å². The fourth-order valence-corrected chi connectivity index (χ4v) is 2.55. The van der Waals surface area contributed by atoms with Crippen molar-refractivity contribution in [3.05, 3.63) is 77.1 Å². The SMILES string of the molecule is CCOc1ccc2cc(C(=O)c3cc(C#N)ccc3F)ccc2c1. The van der Waals surface area contributed by atoms with Gasteiger partial charge in [-0.1, -0.05) is 18.2 Å². The highest BCUT2D eigenvalue weighted by Crippen LogP contribution is 2.24. The first-order valence-electron chi connectivity index (χ1n) is 7.53. The van der Waals surface area contributed by atoms with Gasteiger partial charge in [0.2, 0.25) is 0 Å². The smallest absolute Gasteiger partial charge is 0.196 e. The number of hydrogen-bond donors (Lipinski definition) is 0. The lowest BCUT2D eigenvalue weighted by atomic mass is 9.98. The van der Waals surface area contributed by atoms with E-state index in [2.05, 4.69) is 0 Å². The molecule has 0 radical (unpaired) electrons. The predicted octanol–water partition coefficient (Wildman–Crippen LogP) is 4.48. The van der Waals surface area contributed by atoms with E-state index in [1.165, 1.54) is 12.1 Å². The minimum absolute atomic E-state index is 0.0978. The first-order valence-corrected chi connectivity index (χ1v) is 7.53. The third-order valence-corrected chi connectivity index (χ3v) is 3.72. The van der Waals surface area contributed by atoms with Gasteiger partial charge in [0.15, 0.2) is 5.78 Å². The Morgan fingerprint density at radius 1 is 1.08 bits per heavy atom. The Bertz CT molecular complexity index is 973. The third-order valence-electron chi connectivity index (χ3n) is 3.72. The molecule has 24 heavy (non-hydrogen) atoms. The lowest BCUT2D eigenvalue weighted by molar-refractivity contribution is 0.103. The molecule has 0 aliphatic rings. The molecule has 0 saturated heterocycles. The van der Waals surface area contributed by atoms with Crippen molar-refractivity contribution < 1.29 is 13.9 Å². The van der Waals surface area contributed by atoms with Gasteiger partial charge in [0.1, 0.15) is 11.6 Å². The molecule has 3 rings (SSSR count). The maximum Gasteiger partial charge on any atom is 0.196 e. The van der Waals surface area contributed by atoms with Crippen LogP contribution in [0.2, 0.25) is 0 Å². The number of nitriles is 1. The quantitative estimate of drug-likeness (QED) is 0.666. The molecule has 0 unspecified atom stereocenters. The summed E-state index contributed by atoms with van der Waals surface area (Å²) in [5.41, 5.74) is 0.530. The second-order valence-corrected chi connectivity index (χ2v) is 5.29. The maximum atomic E-state index is 13.9. The van der Waals surface area contributed by atoms with Gasteiger partial charge in [-0.3, -0.25) is 4.79 Å². The van der Waals surface area contributed by atoms with Crippen molar-refractivity contribution in [3.63, 3.8) is 0 Å². The summed E-state index contributed by atoms with van der Waals surface area (Å²) in [7, 11) is 0. The number of nitrogens with zero attached hydrogens (tertiary/aromatic N) is 1. The van der Waals surface area contributed by atoms with Crippen molar-refractivity contribution in [2.24, 2.45) is 0 Å². The van der Waals surface area contributed by atoms with Crippen LogP contribution >= 0.6 is 0 Å². The van der Waals surface area contributed by atoms with Gasteiger partial charge in [-0.15, -0.1) is 0 Å². The van der Waals surface area contributed by atoms with Gasteiger partial charge in [-0.05, 0) is 54.1 Å². The van der Waals surface area contributed by atoms with E-state index >= 15 is 0 Å². The fraction of sp³-hybridized carbons (Fsp3) is 0.100. The summed E-state index contributed by atoms with van der Waals surface area (Å²) in [4.78, 5) is 12.6. The van der Waals surface area contributed by atoms with Gasteiger partial charge in [0, 0.05) is 5.56 Å². The number of benzene rings is 3. The molecular weight excluding hydrogens is 305 g/mol. The number of fused-ring (bicyclic) bond motifs is 1. The number of carbonyl (C=O) groups excluding carboxylic acids is 1. The number of halogens is 1. The van der Waals surface area contributed by atoms with Gasteiger partial charge in [-0.2, -0.15) is 5.26 Å². The highest BCUT2D eigenvalue weighted by atomic mass is 19.1. The predicted molar refractivity (Wildman–Crippen MR) is 89.7 cm³/mol. The monoisotopic (exact) mass is 319 g/mol. The van der Waals surface area contributed by atoms with Crippen molar-refractivity contribution in [2.45, 2.75) is 6.92 Å². The van der Waals surface area contributed by atoms with Gasteiger partial charge in [-0.25, -0.2) is 4.39 Å². The summed E-state index contributed by atoms with van der Waals surface area (Å²) in [6.07, 6.45) is 0. The minimum atomic E-state index is -0.634. The van der Waals surface area contributed by atoms with E-state index in [-0.39, 0.29) is 11.1 Å². The van der Waals surface area contributed by atoms with Crippen molar-refractivity contribution >= 4 is 16.6 Å². The van der Waals surface area contributed by atoms with Crippen LogP contribution in [0.1, 0.15) is 28.4 Å². The Morgan fingerprint density at radius 2 is 1.83 bits per heavy atom. The molecule has 3 aromatic carbocycles. The Hall–Kier alpha value is -3.19. The summed E-state index contributed by atoms with van der Waals surface area (Å²) in [5.74, 6) is -0.317. The number of ether oxygens (including phenoxy) is 1. The highest BCUT2D eigenvalue weighted by molar-refractivity contribution is 6.11. The zero-order chi connectivity index (χ0) is 17.1. The summed E-state index contributed by atoms with van der Waals surface area (Å²) in [6.45, 7) is 2.49. The Kier molecular flexibility index (Phi) is 4.26. The van der Waals surface area contributed by atoms with Crippen molar-refractivity contribution in [1.29, 1.82) is 5.26 Å². The molecule has 3 nitrogen and oxygen atoms in total. The van der Waals surface area contributed by atoms with Crippen molar-refractivity contribution in [2.75, 3.05) is 6.61 Å². The molecule has 4 heteroatoms.